The number of nitrogens with one attached hydrogen (secondary N) is 3. The van der Waals surface area contributed by atoms with Gasteiger partial charge in [0.25, 0.3) is 10.2 Å². The summed E-state index contributed by atoms with van der Waals surface area (Å²) >= 11 is 0. The molecule has 2 aromatic rings. The Kier molecular flexibility index (Phi) is 9.26. The van der Waals surface area contributed by atoms with E-state index in [4.69, 9.17) is 9.79 Å². The maximum atomic E-state index is 13.6. The minimum Gasteiger partial charge on any atom is -0.534 e. The SMILES string of the molecule is NS(=O)(=O)Nc1cccc(C(NC(=O)N2CCN(CC(F)(F)F)C(=O)C2=O)C(=O)N[C@H]2Cc3cccc(C(=O)O)c3OB2O)c1. The molecule has 2 atom stereocenters. The summed E-state index contributed by atoms with van der Waals surface area (Å²) < 4.78 is 68.8. The van der Waals surface area contributed by atoms with Gasteiger partial charge in [0.2, 0.25) is 5.91 Å². The first-order valence-corrected chi connectivity index (χ1v) is 14.4. The van der Waals surface area contributed by atoms with Crippen LogP contribution in [0.2, 0.25) is 0 Å². The number of amides is 5. The Balaban J connectivity index is 1.59. The lowest BCUT2D eigenvalue weighted by atomic mass is 9.72. The van der Waals surface area contributed by atoms with Gasteiger partial charge in [-0.05, 0) is 35.7 Å². The van der Waals surface area contributed by atoms with Gasteiger partial charge in [-0.1, -0.05) is 24.3 Å². The van der Waals surface area contributed by atoms with Gasteiger partial charge in [-0.15, -0.1) is 0 Å². The highest BCUT2D eigenvalue weighted by Crippen LogP contribution is 2.30. The van der Waals surface area contributed by atoms with Crippen molar-refractivity contribution in [3.05, 3.63) is 59.2 Å². The molecule has 7 N–H and O–H groups in total. The molecule has 16 nitrogen and oxygen atoms in total. The number of aromatic carboxylic acids is 1. The first kappa shape index (κ1) is 33.0. The van der Waals surface area contributed by atoms with E-state index >= 15 is 0 Å². The van der Waals surface area contributed by atoms with E-state index < -0.39 is 84.8 Å². The van der Waals surface area contributed by atoms with Crippen LogP contribution in [0.5, 0.6) is 5.75 Å². The molecule has 1 unspecified atom stereocenters. The molecular weight excluding hydrogens is 632 g/mol. The molecule has 1 saturated heterocycles. The highest BCUT2D eigenvalue weighted by Gasteiger charge is 2.43. The van der Waals surface area contributed by atoms with Gasteiger partial charge in [-0.2, -0.15) is 21.6 Å². The Morgan fingerprint density at radius 2 is 1.80 bits per heavy atom. The minimum atomic E-state index is -4.80. The quantitative estimate of drug-likeness (QED) is 0.152. The van der Waals surface area contributed by atoms with Crippen LogP contribution in [-0.2, 0) is 31.0 Å². The number of nitrogens with two attached hydrogens (primary N) is 1. The van der Waals surface area contributed by atoms with Crippen molar-refractivity contribution in [2.45, 2.75) is 24.6 Å². The van der Waals surface area contributed by atoms with E-state index in [1.807, 2.05) is 4.72 Å². The van der Waals surface area contributed by atoms with Crippen molar-refractivity contribution in [2.75, 3.05) is 24.4 Å². The van der Waals surface area contributed by atoms with Crippen molar-refractivity contribution >= 4 is 52.7 Å². The normalized spacial score (nSPS) is 17.6. The maximum Gasteiger partial charge on any atom is 0.547 e. The molecule has 45 heavy (non-hydrogen) atoms. The molecule has 0 saturated carbocycles. The molecule has 2 aliphatic heterocycles. The summed E-state index contributed by atoms with van der Waals surface area (Å²) in [7, 11) is -6.05. The molecule has 2 aliphatic rings. The average Bonchev–Trinajstić information content (AvgIpc) is 2.92. The van der Waals surface area contributed by atoms with Gasteiger partial charge in [-0.3, -0.25) is 24.0 Å². The second kappa shape index (κ2) is 12.6. The number of hydrogen-bond donors (Lipinski definition) is 6. The average molecular weight is 656 g/mol. The second-order valence-corrected chi connectivity index (χ2v) is 11.2. The van der Waals surface area contributed by atoms with Crippen LogP contribution in [-0.4, -0.2) is 96.9 Å². The van der Waals surface area contributed by atoms with Crippen molar-refractivity contribution in [3.63, 3.8) is 0 Å². The zero-order chi connectivity index (χ0) is 33.3. The minimum absolute atomic E-state index is 0.0937. The summed E-state index contributed by atoms with van der Waals surface area (Å²) in [6, 6.07) is 5.97. The molecule has 2 heterocycles. The third kappa shape index (κ3) is 7.99. The highest BCUT2D eigenvalue weighted by atomic mass is 32.2. The summed E-state index contributed by atoms with van der Waals surface area (Å²) in [5.41, 5.74) is -0.171. The number of rotatable bonds is 8. The Hall–Kier alpha value is -4.89. The lowest BCUT2D eigenvalue weighted by Gasteiger charge is -2.34. The number of urea groups is 1. The first-order valence-electron chi connectivity index (χ1n) is 12.8. The van der Waals surface area contributed by atoms with E-state index in [1.165, 1.54) is 36.4 Å². The number of fused-ring (bicyclic) bond motifs is 1. The largest absolute Gasteiger partial charge is 0.547 e. The number of anilines is 1. The molecule has 1 fully saturated rings. The number of carboxylic acid groups (broad SMARTS) is 1. The number of halogens is 3. The van der Waals surface area contributed by atoms with Gasteiger partial charge in [0.05, 0.1) is 17.2 Å². The van der Waals surface area contributed by atoms with Gasteiger partial charge in [0, 0.05) is 13.1 Å². The highest BCUT2D eigenvalue weighted by molar-refractivity contribution is 7.90. The van der Waals surface area contributed by atoms with E-state index in [-0.39, 0.29) is 33.9 Å². The van der Waals surface area contributed by atoms with E-state index in [2.05, 4.69) is 10.6 Å². The molecule has 21 heteroatoms. The van der Waals surface area contributed by atoms with Crippen molar-refractivity contribution < 1.29 is 60.3 Å². The number of para-hydroxylation sites is 1. The zero-order valence-electron chi connectivity index (χ0n) is 22.8. The molecule has 0 bridgehead atoms. The number of nitrogens with zero attached hydrogens (tertiary/aromatic N) is 2. The maximum absolute atomic E-state index is 13.6. The summed E-state index contributed by atoms with van der Waals surface area (Å²) in [5.74, 6) is -6.90. The van der Waals surface area contributed by atoms with Crippen LogP contribution in [0.15, 0.2) is 42.5 Å². The van der Waals surface area contributed by atoms with Crippen LogP contribution in [0.3, 0.4) is 0 Å². The fourth-order valence-electron chi connectivity index (χ4n) is 4.67. The standard InChI is InChI=1S/C24H24BF3N6O10S/c26-24(27,28)11-33-7-8-34(21(37)20(33)36)23(40)31-17(12-3-1-5-14(9-12)32-45(29,42)43)19(35)30-16-10-13-4-2-6-15(22(38)39)18(13)44-25(16)41/h1-6,9,16-17,32,41H,7-8,10-11H2,(H,30,35)(H,31,40)(H,38,39)(H2,29,42,43)/t16-,17?/m0/s1. The number of carbonyl (C=O) groups is 5. The van der Waals surface area contributed by atoms with Crippen LogP contribution in [0.1, 0.15) is 27.5 Å². The third-order valence-electron chi connectivity index (χ3n) is 6.61. The van der Waals surface area contributed by atoms with Crippen molar-refractivity contribution in [2.24, 2.45) is 5.14 Å². The first-order chi connectivity index (χ1) is 20.9. The molecule has 4 rings (SSSR count). The molecule has 0 aromatic heterocycles. The molecule has 0 radical (unpaired) electrons. The summed E-state index contributed by atoms with van der Waals surface area (Å²) in [6.45, 7) is -3.01. The smallest absolute Gasteiger partial charge is 0.534 e. The van der Waals surface area contributed by atoms with Gasteiger partial charge in [0.15, 0.2) is 0 Å². The zero-order valence-corrected chi connectivity index (χ0v) is 23.6. The molecule has 2 aromatic carbocycles. The molecule has 240 valence electrons. The number of carbonyl (C=O) groups excluding carboxylic acids is 4. The summed E-state index contributed by atoms with van der Waals surface area (Å²) in [5, 5.41) is 29.6. The number of alkyl halides is 3. The van der Waals surface area contributed by atoms with Crippen LogP contribution in [0.4, 0.5) is 23.7 Å². The number of benzene rings is 2. The van der Waals surface area contributed by atoms with Gasteiger partial charge >= 0.3 is 37.1 Å². The van der Waals surface area contributed by atoms with E-state index in [0.29, 0.717) is 10.5 Å². The summed E-state index contributed by atoms with van der Waals surface area (Å²) in [6.07, 6.45) is -4.94. The Morgan fingerprint density at radius 1 is 1.11 bits per heavy atom. The van der Waals surface area contributed by atoms with Crippen LogP contribution >= 0.6 is 0 Å². The number of imide groups is 1. The second-order valence-electron chi connectivity index (χ2n) is 9.88. The summed E-state index contributed by atoms with van der Waals surface area (Å²) in [4.78, 5) is 63.6. The number of piperazine rings is 1. The Morgan fingerprint density at radius 3 is 2.44 bits per heavy atom. The van der Waals surface area contributed by atoms with E-state index in [1.54, 1.807) is 0 Å². The molecule has 0 aliphatic carbocycles. The van der Waals surface area contributed by atoms with Crippen LogP contribution < -0.4 is 25.1 Å². The van der Waals surface area contributed by atoms with Crippen molar-refractivity contribution in [3.8, 4) is 5.75 Å². The predicted molar refractivity (Wildman–Crippen MR) is 146 cm³/mol. The van der Waals surface area contributed by atoms with E-state index in [0.717, 1.165) is 6.07 Å². The van der Waals surface area contributed by atoms with Crippen LogP contribution in [0, 0.1) is 0 Å². The lowest BCUT2D eigenvalue weighted by Crippen LogP contribution is -2.61. The van der Waals surface area contributed by atoms with Gasteiger partial charge in [0.1, 0.15) is 18.3 Å². The lowest BCUT2D eigenvalue weighted by molar-refractivity contribution is -0.170. The Bertz CT molecular complexity index is 1660. The molecular formula is C24H24BF3N6O10S. The topological polar surface area (TPSA) is 238 Å². The molecule has 5 amide bonds. The van der Waals surface area contributed by atoms with Crippen molar-refractivity contribution in [1.29, 1.82) is 0 Å². The van der Waals surface area contributed by atoms with Crippen LogP contribution in [0.25, 0.3) is 0 Å². The van der Waals surface area contributed by atoms with Gasteiger partial charge in [-0.25, -0.2) is 14.7 Å². The monoisotopic (exact) mass is 656 g/mol. The third-order valence-corrected chi connectivity index (χ3v) is 7.13. The fourth-order valence-corrected chi connectivity index (χ4v) is 5.12. The van der Waals surface area contributed by atoms with E-state index in [9.17, 15) is 55.7 Å². The predicted octanol–water partition coefficient (Wildman–Crippen LogP) is -0.876. The van der Waals surface area contributed by atoms with Crippen molar-refractivity contribution in [1.82, 2.24) is 20.4 Å². The Labute approximate surface area is 252 Å². The number of carboxylic acids is 1. The number of hydrogen-bond acceptors (Lipinski definition) is 9. The van der Waals surface area contributed by atoms with Gasteiger partial charge < -0.3 is 30.3 Å². The molecule has 0 spiro atoms. The fraction of sp³-hybridized carbons (Fsp3) is 0.292.